The third kappa shape index (κ3) is 3.74. The number of aromatic nitrogens is 1. The zero-order valence-corrected chi connectivity index (χ0v) is 14.5. The molecule has 3 rings (SSSR count). The summed E-state index contributed by atoms with van der Waals surface area (Å²) in [6.45, 7) is 0.0488. The van der Waals surface area contributed by atoms with Gasteiger partial charge < -0.3 is 9.47 Å². The molecule has 3 heterocycles. The molecule has 2 aromatic heterocycles. The first-order valence-corrected chi connectivity index (χ1v) is 8.83. The van der Waals surface area contributed by atoms with Crippen molar-refractivity contribution >= 4 is 28.8 Å². The Morgan fingerprint density at radius 2 is 2.16 bits per heavy atom. The van der Waals surface area contributed by atoms with Crippen LogP contribution >= 0.6 is 22.9 Å². The zero-order chi connectivity index (χ0) is 18.2. The number of nitrogens with zero attached hydrogens (tertiary/aromatic N) is 2. The molecular formula is C16H14ClF3N2O2S. The Morgan fingerprint density at radius 1 is 1.40 bits per heavy atom. The van der Waals surface area contributed by atoms with Crippen molar-refractivity contribution in [1.29, 1.82) is 0 Å². The van der Waals surface area contributed by atoms with Crippen LogP contribution in [-0.4, -0.2) is 21.9 Å². The fourth-order valence-corrected chi connectivity index (χ4v) is 4.05. The smallest absolute Gasteiger partial charge is 0.333 e. The Balaban J connectivity index is 1.86. The number of carbonyl (C=O) groups excluding carboxylic acids is 1. The molecule has 0 bridgehead atoms. The number of alkyl halides is 3. The molecule has 4 nitrogen and oxygen atoms in total. The summed E-state index contributed by atoms with van der Waals surface area (Å²) < 4.78 is 39.4. The number of hydrogen-bond acceptors (Lipinski definition) is 3. The molecule has 9 heteroatoms. The van der Waals surface area contributed by atoms with Crippen LogP contribution in [0, 0.1) is 0 Å². The first-order chi connectivity index (χ1) is 11.8. The number of likely N-dealkylation sites (tertiary alicyclic amines) is 1. The van der Waals surface area contributed by atoms with Gasteiger partial charge >= 0.3 is 6.18 Å². The van der Waals surface area contributed by atoms with Crippen LogP contribution in [0.1, 0.15) is 29.3 Å². The second kappa shape index (κ2) is 6.84. The standard InChI is InChI=1S/C16H14ClF3N2O2S/c17-11-7-10(16(18,19)20)8-21(15(11)24)9-14(23)22-5-1-3-12(22)13-4-2-6-25-13/h2,4,6-8,12H,1,3,5,9H2/t12-/m0/s1. The summed E-state index contributed by atoms with van der Waals surface area (Å²) in [6, 6.07) is 4.30. The lowest BCUT2D eigenvalue weighted by molar-refractivity contribution is -0.139. The van der Waals surface area contributed by atoms with Crippen LogP contribution in [0.25, 0.3) is 0 Å². The van der Waals surface area contributed by atoms with E-state index in [4.69, 9.17) is 11.6 Å². The van der Waals surface area contributed by atoms with Crippen LogP contribution in [0.5, 0.6) is 0 Å². The van der Waals surface area contributed by atoms with Crippen molar-refractivity contribution in [2.75, 3.05) is 6.54 Å². The Hall–Kier alpha value is -1.80. The van der Waals surface area contributed by atoms with E-state index >= 15 is 0 Å². The van der Waals surface area contributed by atoms with E-state index in [9.17, 15) is 22.8 Å². The molecular weight excluding hydrogens is 377 g/mol. The molecule has 0 N–H and O–H groups in total. The molecule has 0 unspecified atom stereocenters. The third-order valence-corrected chi connectivity index (χ3v) is 5.36. The third-order valence-electron chi connectivity index (χ3n) is 4.12. The van der Waals surface area contributed by atoms with Crippen LogP contribution in [0.3, 0.4) is 0 Å². The van der Waals surface area contributed by atoms with Crippen LogP contribution in [-0.2, 0) is 17.5 Å². The molecule has 1 aliphatic heterocycles. The number of pyridine rings is 1. The topological polar surface area (TPSA) is 42.3 Å². The molecule has 1 saturated heterocycles. The van der Waals surface area contributed by atoms with Gasteiger partial charge in [-0.05, 0) is 30.4 Å². The van der Waals surface area contributed by atoms with Gasteiger partial charge in [0, 0.05) is 17.6 Å². The second-order valence-corrected chi connectivity index (χ2v) is 7.15. The van der Waals surface area contributed by atoms with Crippen molar-refractivity contribution in [3.8, 4) is 0 Å². The highest BCUT2D eigenvalue weighted by atomic mass is 35.5. The molecule has 1 fully saturated rings. The fraction of sp³-hybridized carbons (Fsp3) is 0.375. The number of carbonyl (C=O) groups is 1. The molecule has 1 amide bonds. The van der Waals surface area contributed by atoms with E-state index < -0.39 is 34.8 Å². The number of halogens is 4. The van der Waals surface area contributed by atoms with Crippen molar-refractivity contribution < 1.29 is 18.0 Å². The summed E-state index contributed by atoms with van der Waals surface area (Å²) in [4.78, 5) is 27.2. The van der Waals surface area contributed by atoms with Crippen molar-refractivity contribution in [1.82, 2.24) is 9.47 Å². The van der Waals surface area contributed by atoms with Gasteiger partial charge in [0.05, 0.1) is 11.6 Å². The zero-order valence-electron chi connectivity index (χ0n) is 12.9. The lowest BCUT2D eigenvalue weighted by Gasteiger charge is -2.24. The van der Waals surface area contributed by atoms with E-state index in [0.29, 0.717) is 18.8 Å². The Kier molecular flexibility index (Phi) is 4.92. The molecule has 0 saturated carbocycles. The molecule has 1 atom stereocenters. The minimum Gasteiger partial charge on any atom is -0.333 e. The molecule has 0 aliphatic carbocycles. The SMILES string of the molecule is O=C(Cn1cc(C(F)(F)F)cc(Cl)c1=O)N1CCC[C@H]1c1cccs1. The molecule has 25 heavy (non-hydrogen) atoms. The Morgan fingerprint density at radius 3 is 2.80 bits per heavy atom. The fourth-order valence-electron chi connectivity index (χ4n) is 2.95. The summed E-state index contributed by atoms with van der Waals surface area (Å²) in [7, 11) is 0. The maximum absolute atomic E-state index is 12.9. The Labute approximate surface area is 150 Å². The minimum atomic E-state index is -4.64. The van der Waals surface area contributed by atoms with E-state index in [1.807, 2.05) is 17.5 Å². The van der Waals surface area contributed by atoms with E-state index in [1.165, 1.54) is 11.3 Å². The van der Waals surface area contributed by atoms with Gasteiger partial charge in [0.25, 0.3) is 5.56 Å². The summed E-state index contributed by atoms with van der Waals surface area (Å²) >= 11 is 7.15. The molecule has 1 aliphatic rings. The van der Waals surface area contributed by atoms with E-state index in [0.717, 1.165) is 22.3 Å². The molecule has 0 aromatic carbocycles. The first-order valence-electron chi connectivity index (χ1n) is 7.57. The summed E-state index contributed by atoms with van der Waals surface area (Å²) in [5, 5.41) is 1.35. The van der Waals surface area contributed by atoms with Crippen molar-refractivity contribution in [2.24, 2.45) is 0 Å². The van der Waals surface area contributed by atoms with Gasteiger partial charge in [0.15, 0.2) is 0 Å². The largest absolute Gasteiger partial charge is 0.417 e. The van der Waals surface area contributed by atoms with Crippen molar-refractivity contribution in [2.45, 2.75) is 31.6 Å². The highest BCUT2D eigenvalue weighted by molar-refractivity contribution is 7.10. The maximum Gasteiger partial charge on any atom is 0.417 e. The number of amides is 1. The van der Waals surface area contributed by atoms with Gasteiger partial charge in [-0.15, -0.1) is 11.3 Å². The minimum absolute atomic E-state index is 0.0931. The van der Waals surface area contributed by atoms with Crippen LogP contribution in [0.4, 0.5) is 13.2 Å². The average Bonchev–Trinajstić information content (AvgIpc) is 3.20. The lowest BCUT2D eigenvalue weighted by atomic mass is 10.2. The number of thiophene rings is 1. The van der Waals surface area contributed by atoms with Gasteiger partial charge in [-0.1, -0.05) is 17.7 Å². The molecule has 2 aromatic rings. The molecule has 0 spiro atoms. The quantitative estimate of drug-likeness (QED) is 0.796. The predicted molar refractivity (Wildman–Crippen MR) is 88.7 cm³/mol. The lowest BCUT2D eigenvalue weighted by Crippen LogP contribution is -2.36. The summed E-state index contributed by atoms with van der Waals surface area (Å²) in [5.41, 5.74) is -1.86. The molecule has 134 valence electrons. The molecule has 0 radical (unpaired) electrons. The van der Waals surface area contributed by atoms with Gasteiger partial charge in [-0.25, -0.2) is 0 Å². The second-order valence-electron chi connectivity index (χ2n) is 5.77. The Bertz CT molecular complexity index is 833. The van der Waals surface area contributed by atoms with Crippen molar-refractivity contribution in [3.05, 3.63) is 55.6 Å². The monoisotopic (exact) mass is 390 g/mol. The van der Waals surface area contributed by atoms with E-state index in [1.54, 1.807) is 4.90 Å². The average molecular weight is 391 g/mol. The highest BCUT2D eigenvalue weighted by Gasteiger charge is 2.34. The first kappa shape index (κ1) is 18.0. The number of rotatable bonds is 3. The number of hydrogen-bond donors (Lipinski definition) is 0. The van der Waals surface area contributed by atoms with Gasteiger partial charge in [-0.2, -0.15) is 13.2 Å². The van der Waals surface area contributed by atoms with E-state index in [2.05, 4.69) is 0 Å². The van der Waals surface area contributed by atoms with Crippen LogP contribution in [0.15, 0.2) is 34.6 Å². The predicted octanol–water partition coefficient (Wildman–Crippen LogP) is 3.95. The van der Waals surface area contributed by atoms with Gasteiger partial charge in [0.2, 0.25) is 5.91 Å². The van der Waals surface area contributed by atoms with Gasteiger partial charge in [-0.3, -0.25) is 9.59 Å². The van der Waals surface area contributed by atoms with E-state index in [-0.39, 0.29) is 6.04 Å². The van der Waals surface area contributed by atoms with Gasteiger partial charge in [0.1, 0.15) is 11.6 Å². The van der Waals surface area contributed by atoms with Crippen molar-refractivity contribution in [3.63, 3.8) is 0 Å². The van der Waals surface area contributed by atoms with Crippen LogP contribution in [0.2, 0.25) is 5.02 Å². The normalized spacial score (nSPS) is 17.9. The summed E-state index contributed by atoms with van der Waals surface area (Å²) in [6.07, 6.45) is -2.39. The maximum atomic E-state index is 12.9. The summed E-state index contributed by atoms with van der Waals surface area (Å²) in [5.74, 6) is -0.395. The van der Waals surface area contributed by atoms with Crippen LogP contribution < -0.4 is 5.56 Å². The highest BCUT2D eigenvalue weighted by Crippen LogP contribution is 2.35.